The van der Waals surface area contributed by atoms with Gasteiger partial charge < -0.3 is 29.3 Å². The van der Waals surface area contributed by atoms with Crippen molar-refractivity contribution in [3.05, 3.63) is 69.3 Å². The summed E-state index contributed by atoms with van der Waals surface area (Å²) in [4.78, 5) is 69.4. The third kappa shape index (κ3) is 10.1. The molecule has 294 valence electrons. The number of hydrogen-bond donors (Lipinski definition) is 1. The minimum atomic E-state index is -0.917. The molecular weight excluding hydrogens is 795 g/mol. The molecular formula is C42H48N4O8Pd. The number of aromatic nitrogens is 4. The van der Waals surface area contributed by atoms with Crippen LogP contribution in [0.4, 0.5) is 0 Å². The zero-order valence-corrected chi connectivity index (χ0v) is 34.1. The van der Waals surface area contributed by atoms with Gasteiger partial charge in [-0.3, -0.25) is 19.2 Å². The van der Waals surface area contributed by atoms with E-state index in [0.29, 0.717) is 64.1 Å². The molecule has 0 aliphatic carbocycles. The van der Waals surface area contributed by atoms with Crippen molar-refractivity contribution < 1.29 is 58.9 Å². The van der Waals surface area contributed by atoms with Gasteiger partial charge in [0, 0.05) is 25.7 Å². The van der Waals surface area contributed by atoms with Crippen LogP contribution in [0.25, 0.3) is 44.4 Å². The van der Waals surface area contributed by atoms with Crippen LogP contribution in [-0.2, 0) is 66.7 Å². The maximum atomic E-state index is 12.5. The van der Waals surface area contributed by atoms with Gasteiger partial charge in [-0.1, -0.05) is 46.5 Å². The second kappa shape index (κ2) is 19.1. The van der Waals surface area contributed by atoms with Crippen LogP contribution < -0.4 is 9.97 Å². The number of carbonyl (C=O) groups excluding carboxylic acids is 3. The molecule has 55 heavy (non-hydrogen) atoms. The zero-order valence-electron chi connectivity index (χ0n) is 32.5. The third-order valence-electron chi connectivity index (χ3n) is 9.88. The second-order valence-electron chi connectivity index (χ2n) is 13.3. The van der Waals surface area contributed by atoms with E-state index in [2.05, 4.69) is 0 Å². The summed E-state index contributed by atoms with van der Waals surface area (Å²) in [6.07, 6.45) is 1.85. The second-order valence-corrected chi connectivity index (χ2v) is 13.3. The Morgan fingerprint density at radius 1 is 0.545 bits per heavy atom. The fourth-order valence-corrected chi connectivity index (χ4v) is 6.94. The summed E-state index contributed by atoms with van der Waals surface area (Å²) in [7, 11) is 0. The number of fused-ring (bicyclic) bond motifs is 8. The van der Waals surface area contributed by atoms with E-state index in [9.17, 15) is 24.3 Å². The van der Waals surface area contributed by atoms with Gasteiger partial charge in [0.15, 0.2) is 0 Å². The molecule has 0 saturated carbocycles. The Bertz CT molecular complexity index is 2210. The molecule has 0 radical (unpaired) electrons. The molecule has 1 N–H and O–H groups in total. The van der Waals surface area contributed by atoms with E-state index in [1.807, 2.05) is 52.0 Å². The van der Waals surface area contributed by atoms with E-state index in [1.165, 1.54) is 0 Å². The quantitative estimate of drug-likeness (QED) is 0.0926. The Hall–Kier alpha value is -4.86. The summed E-state index contributed by atoms with van der Waals surface area (Å²) in [6, 6.07) is 7.59. The van der Waals surface area contributed by atoms with Crippen LogP contribution in [0.3, 0.4) is 0 Å². The first-order chi connectivity index (χ1) is 25.8. The normalized spacial score (nSPS) is 12.4. The fourth-order valence-electron chi connectivity index (χ4n) is 6.94. The molecule has 0 saturated heterocycles. The van der Waals surface area contributed by atoms with Crippen molar-refractivity contribution in [2.24, 2.45) is 0 Å². The van der Waals surface area contributed by atoms with E-state index in [1.54, 1.807) is 20.8 Å². The Labute approximate surface area is 334 Å². The number of carboxylic acids is 1. The van der Waals surface area contributed by atoms with Gasteiger partial charge in [-0.25, -0.2) is 9.97 Å². The van der Waals surface area contributed by atoms with Gasteiger partial charge in [-0.2, -0.15) is 0 Å². The van der Waals surface area contributed by atoms with Gasteiger partial charge in [0.05, 0.1) is 42.6 Å². The number of esters is 3. The predicted octanol–water partition coefficient (Wildman–Crippen LogP) is 7.25. The van der Waals surface area contributed by atoms with Crippen molar-refractivity contribution in [3.63, 3.8) is 0 Å². The smallest absolute Gasteiger partial charge is 0.657 e. The maximum absolute atomic E-state index is 12.5. The van der Waals surface area contributed by atoms with Crippen molar-refractivity contribution in [2.45, 2.75) is 99.8 Å². The van der Waals surface area contributed by atoms with Gasteiger partial charge in [-0.15, -0.1) is 22.1 Å². The number of hydrogen-bond acceptors (Lipinski definition) is 9. The topological polar surface area (TPSA) is 170 Å². The van der Waals surface area contributed by atoms with Crippen LogP contribution in [0.2, 0.25) is 0 Å². The number of allylic oxidation sites excluding steroid dienone is 4. The Morgan fingerprint density at radius 2 is 0.891 bits per heavy atom. The third-order valence-corrected chi connectivity index (χ3v) is 9.88. The van der Waals surface area contributed by atoms with Gasteiger partial charge >= 0.3 is 44.3 Å². The standard InChI is InChI=1S/C42H49N4O8.Pd/c1-8-52-40(49)16-12-28-24(5)32-19-35-27(11-15-39(47)48)23(4)31(43-35)20-36-29(13-17-41(50)53-9-2)25(6)33(45-36)22-38-30(14-18-42(51)54-10-3)26(7)34(46-38)21-37(28)44-32;/h19-22H,8-18H2,1-7H3,(H2-,43,44,45,46,47,48);/q-1;+2/p-1. The van der Waals surface area contributed by atoms with Gasteiger partial charge in [-0.05, 0) is 96.4 Å². The molecule has 2 aliphatic heterocycles. The average molecular weight is 843 g/mol. The SMILES string of the molecule is CCOC(=O)CCC1=C(C)c2cc3[n-]c(cc4nc(cc5[n-]c(cc1n2)c(C)c5CCC(=O)O)C(C)=C4CCC(=O)OCC)c(C)c3CCC(=O)OCC.[Pd+2]. The molecule has 5 rings (SSSR count). The van der Waals surface area contributed by atoms with Crippen molar-refractivity contribution in [1.29, 1.82) is 0 Å². The van der Waals surface area contributed by atoms with Crippen molar-refractivity contribution >= 4 is 68.2 Å². The molecule has 0 aromatic carbocycles. The number of aryl methyl sites for hydroxylation is 4. The summed E-state index contributed by atoms with van der Waals surface area (Å²) in [5.41, 5.74) is 12.0. The van der Waals surface area contributed by atoms with Crippen LogP contribution in [0.15, 0.2) is 24.3 Å². The first kappa shape index (κ1) is 42.9. The minimum Gasteiger partial charge on any atom is -0.657 e. The number of ether oxygens (including phenoxy) is 3. The molecule has 12 nitrogen and oxygen atoms in total. The summed E-state index contributed by atoms with van der Waals surface area (Å²) in [5.74, 6) is -1.84. The molecule has 0 fully saturated rings. The van der Waals surface area contributed by atoms with Crippen molar-refractivity contribution in [3.8, 4) is 0 Å². The van der Waals surface area contributed by atoms with Gasteiger partial charge in [0.1, 0.15) is 0 Å². The van der Waals surface area contributed by atoms with Crippen molar-refractivity contribution in [2.75, 3.05) is 19.8 Å². The number of rotatable bonds is 15. The van der Waals surface area contributed by atoms with E-state index < -0.39 is 5.97 Å². The Morgan fingerprint density at radius 3 is 1.25 bits per heavy atom. The van der Waals surface area contributed by atoms with E-state index in [-0.39, 0.29) is 90.3 Å². The summed E-state index contributed by atoms with van der Waals surface area (Å²) in [5, 5.41) is 9.61. The largest absolute Gasteiger partial charge is 2.00 e. The van der Waals surface area contributed by atoms with Crippen LogP contribution >= 0.6 is 0 Å². The molecule has 5 heterocycles. The summed E-state index contributed by atoms with van der Waals surface area (Å²) < 4.78 is 15.7. The van der Waals surface area contributed by atoms with Gasteiger partial charge in [0.25, 0.3) is 0 Å². The Kier molecular flexibility index (Phi) is 14.9. The predicted molar refractivity (Wildman–Crippen MR) is 206 cm³/mol. The average Bonchev–Trinajstić information content (AvgIpc) is 3.78. The summed E-state index contributed by atoms with van der Waals surface area (Å²) in [6.45, 7) is 14.0. The molecule has 0 unspecified atom stereocenters. The summed E-state index contributed by atoms with van der Waals surface area (Å²) >= 11 is 0. The molecule has 0 atom stereocenters. The number of carbonyl (C=O) groups is 4. The van der Waals surface area contributed by atoms with Crippen molar-refractivity contribution in [1.82, 2.24) is 19.9 Å². The van der Waals surface area contributed by atoms with E-state index >= 15 is 0 Å². The molecule has 3 aromatic heterocycles. The maximum Gasteiger partial charge on any atom is 2.00 e. The van der Waals surface area contributed by atoms with E-state index in [0.717, 1.165) is 44.5 Å². The molecule has 13 heteroatoms. The fraction of sp³-hybridized carbons (Fsp3) is 0.429. The van der Waals surface area contributed by atoms with Crippen LogP contribution in [0.1, 0.15) is 118 Å². The van der Waals surface area contributed by atoms with E-state index in [4.69, 9.17) is 34.1 Å². The number of aliphatic carboxylic acids is 1. The molecule has 2 aliphatic rings. The van der Waals surface area contributed by atoms with Gasteiger partial charge in [0.2, 0.25) is 0 Å². The number of carboxylic acid groups (broad SMARTS) is 1. The van der Waals surface area contributed by atoms with Crippen LogP contribution in [0, 0.1) is 13.8 Å². The number of nitrogens with zero attached hydrogens (tertiary/aromatic N) is 4. The molecule has 3 aromatic rings. The molecule has 0 amide bonds. The minimum absolute atomic E-state index is 0. The zero-order chi connectivity index (χ0) is 39.1. The first-order valence-electron chi connectivity index (χ1n) is 18.6. The molecule has 8 bridgehead atoms. The van der Waals surface area contributed by atoms with Crippen LogP contribution in [-0.4, -0.2) is 58.8 Å². The first-order valence-corrected chi connectivity index (χ1v) is 18.6. The molecule has 0 spiro atoms. The van der Waals surface area contributed by atoms with Crippen LogP contribution in [0.5, 0.6) is 0 Å². The Balaban J connectivity index is 0.00000673. The monoisotopic (exact) mass is 842 g/mol.